The minimum absolute atomic E-state index is 0.238. The van der Waals surface area contributed by atoms with E-state index in [0.717, 1.165) is 11.1 Å². The van der Waals surface area contributed by atoms with E-state index in [1.807, 2.05) is 30.3 Å². The lowest BCUT2D eigenvalue weighted by Gasteiger charge is -2.11. The van der Waals surface area contributed by atoms with Crippen molar-refractivity contribution >= 4 is 22.8 Å². The van der Waals surface area contributed by atoms with Crippen LogP contribution in [0.4, 0.5) is 0 Å². The molecule has 0 aliphatic rings. The van der Waals surface area contributed by atoms with Crippen LogP contribution < -0.4 is 5.56 Å². The molecule has 0 unspecified atom stereocenters. The molecule has 0 aliphatic carbocycles. The number of aliphatic carboxylic acids is 1. The van der Waals surface area contributed by atoms with Gasteiger partial charge in [-0.15, -0.1) is 0 Å². The van der Waals surface area contributed by atoms with Crippen molar-refractivity contribution in [1.82, 2.24) is 9.55 Å². The van der Waals surface area contributed by atoms with Gasteiger partial charge in [0, 0.05) is 25.2 Å². The van der Waals surface area contributed by atoms with Crippen LogP contribution >= 0.6 is 0 Å². The first-order valence-corrected chi connectivity index (χ1v) is 7.92. The highest BCUT2D eigenvalue weighted by molar-refractivity contribution is 6.04. The number of aromatic hydroxyl groups is 1. The zero-order valence-electron chi connectivity index (χ0n) is 14.0. The molecule has 0 bridgehead atoms. The molecule has 7 heteroatoms. The lowest BCUT2D eigenvalue weighted by Crippen LogP contribution is -2.25. The largest absolute Gasteiger partial charge is 0.506 e. The van der Waals surface area contributed by atoms with Crippen LogP contribution in [0.25, 0.3) is 22.2 Å². The molecule has 0 spiro atoms. The Morgan fingerprint density at radius 3 is 2.46 bits per heavy atom. The molecule has 7 nitrogen and oxygen atoms in total. The molecule has 0 fully saturated rings. The Hall–Kier alpha value is -3.48. The fourth-order valence-corrected chi connectivity index (χ4v) is 2.78. The molecule has 0 saturated heterocycles. The Morgan fingerprint density at radius 2 is 1.81 bits per heavy atom. The van der Waals surface area contributed by atoms with Crippen molar-refractivity contribution in [2.45, 2.75) is 12.8 Å². The zero-order chi connectivity index (χ0) is 18.8. The Bertz CT molecular complexity index is 1070. The molecule has 0 aliphatic heterocycles. The summed E-state index contributed by atoms with van der Waals surface area (Å²) in [6.07, 6.45) is 0.805. The van der Waals surface area contributed by atoms with Crippen molar-refractivity contribution < 1.29 is 19.8 Å². The van der Waals surface area contributed by atoms with Gasteiger partial charge in [0.15, 0.2) is 5.78 Å². The number of hydrogen-bond donors (Lipinski definition) is 2. The van der Waals surface area contributed by atoms with Crippen LogP contribution in [-0.4, -0.2) is 31.5 Å². The summed E-state index contributed by atoms with van der Waals surface area (Å²) in [5, 5.41) is 19.5. The SMILES string of the molecule is Cn1c(=O)c(C(=O)CCC(=O)O)c(O)c2cc(-c3ccccc3)cnc21. The van der Waals surface area contributed by atoms with Gasteiger partial charge >= 0.3 is 5.97 Å². The number of ketones is 1. The van der Waals surface area contributed by atoms with Gasteiger partial charge in [0.25, 0.3) is 5.56 Å². The minimum Gasteiger partial charge on any atom is -0.506 e. The van der Waals surface area contributed by atoms with E-state index in [0.29, 0.717) is 0 Å². The summed E-state index contributed by atoms with van der Waals surface area (Å²) in [4.78, 5) is 39.7. The lowest BCUT2D eigenvalue weighted by atomic mass is 10.0. The molecule has 1 aromatic carbocycles. The molecular formula is C19H16N2O5. The number of aromatic nitrogens is 2. The number of rotatable bonds is 5. The molecule has 0 radical (unpaired) electrons. The van der Waals surface area contributed by atoms with Crippen LogP contribution in [0.5, 0.6) is 5.75 Å². The number of Topliss-reactive ketones (excluding diaryl/α,β-unsaturated/α-hetero) is 1. The van der Waals surface area contributed by atoms with Crippen molar-refractivity contribution in [1.29, 1.82) is 0 Å². The molecule has 2 heterocycles. The summed E-state index contributed by atoms with van der Waals surface area (Å²) in [5.74, 6) is -2.33. The summed E-state index contributed by atoms with van der Waals surface area (Å²) in [6, 6.07) is 11.0. The van der Waals surface area contributed by atoms with E-state index >= 15 is 0 Å². The second-order valence-corrected chi connectivity index (χ2v) is 5.87. The minimum atomic E-state index is -1.15. The fourth-order valence-electron chi connectivity index (χ4n) is 2.78. The van der Waals surface area contributed by atoms with E-state index in [1.54, 1.807) is 12.3 Å². The highest BCUT2D eigenvalue weighted by Gasteiger charge is 2.22. The van der Waals surface area contributed by atoms with Crippen LogP contribution in [0, 0.1) is 0 Å². The molecule has 2 N–H and O–H groups in total. The third-order valence-corrected chi connectivity index (χ3v) is 4.15. The number of hydrogen-bond acceptors (Lipinski definition) is 5. The van der Waals surface area contributed by atoms with Gasteiger partial charge in [0.1, 0.15) is 17.0 Å². The smallest absolute Gasteiger partial charge is 0.303 e. The monoisotopic (exact) mass is 352 g/mol. The second-order valence-electron chi connectivity index (χ2n) is 5.87. The maximum Gasteiger partial charge on any atom is 0.303 e. The van der Waals surface area contributed by atoms with Gasteiger partial charge in [-0.2, -0.15) is 0 Å². The first-order valence-electron chi connectivity index (χ1n) is 7.92. The highest BCUT2D eigenvalue weighted by Crippen LogP contribution is 2.29. The molecular weight excluding hydrogens is 336 g/mol. The van der Waals surface area contributed by atoms with Crippen molar-refractivity contribution in [2.24, 2.45) is 7.05 Å². The first-order chi connectivity index (χ1) is 12.4. The van der Waals surface area contributed by atoms with Gasteiger partial charge in [-0.3, -0.25) is 19.0 Å². The number of fused-ring (bicyclic) bond motifs is 1. The fraction of sp³-hybridized carbons (Fsp3) is 0.158. The average Bonchev–Trinajstić information content (AvgIpc) is 2.65. The predicted molar refractivity (Wildman–Crippen MR) is 95.3 cm³/mol. The topological polar surface area (TPSA) is 109 Å². The van der Waals surface area contributed by atoms with E-state index in [9.17, 15) is 19.5 Å². The number of carbonyl (C=O) groups excluding carboxylic acids is 1. The van der Waals surface area contributed by atoms with Gasteiger partial charge in [0.05, 0.1) is 11.8 Å². The van der Waals surface area contributed by atoms with E-state index in [-0.39, 0.29) is 17.5 Å². The van der Waals surface area contributed by atoms with Crippen LogP contribution in [0.3, 0.4) is 0 Å². The number of pyridine rings is 2. The summed E-state index contributed by atoms with van der Waals surface area (Å²) in [7, 11) is 1.45. The third-order valence-electron chi connectivity index (χ3n) is 4.15. The second kappa shape index (κ2) is 6.79. The van der Waals surface area contributed by atoms with E-state index < -0.39 is 35.0 Å². The Balaban J connectivity index is 2.19. The number of carboxylic acids is 1. The summed E-state index contributed by atoms with van der Waals surface area (Å²) < 4.78 is 1.18. The Morgan fingerprint density at radius 1 is 1.12 bits per heavy atom. The molecule has 0 saturated carbocycles. The first kappa shape index (κ1) is 17.3. The molecule has 26 heavy (non-hydrogen) atoms. The van der Waals surface area contributed by atoms with Crippen molar-refractivity contribution in [3.63, 3.8) is 0 Å². The number of aryl methyl sites for hydroxylation is 1. The summed E-state index contributed by atoms with van der Waals surface area (Å²) in [6.45, 7) is 0. The van der Waals surface area contributed by atoms with Gasteiger partial charge in [0.2, 0.25) is 0 Å². The zero-order valence-corrected chi connectivity index (χ0v) is 14.0. The lowest BCUT2D eigenvalue weighted by molar-refractivity contribution is -0.136. The molecule has 2 aromatic heterocycles. The average molecular weight is 352 g/mol. The number of carboxylic acid groups (broad SMARTS) is 1. The van der Waals surface area contributed by atoms with Gasteiger partial charge in [-0.1, -0.05) is 30.3 Å². The van der Waals surface area contributed by atoms with Gasteiger partial charge < -0.3 is 10.2 Å². The van der Waals surface area contributed by atoms with Crippen molar-refractivity contribution in [2.75, 3.05) is 0 Å². The highest BCUT2D eigenvalue weighted by atomic mass is 16.4. The van der Waals surface area contributed by atoms with Crippen LogP contribution in [-0.2, 0) is 11.8 Å². The maximum absolute atomic E-state index is 12.4. The molecule has 0 amide bonds. The Labute approximate surface area is 148 Å². The van der Waals surface area contributed by atoms with Crippen molar-refractivity contribution in [3.8, 4) is 16.9 Å². The van der Waals surface area contributed by atoms with E-state index in [2.05, 4.69) is 4.98 Å². The molecule has 132 valence electrons. The molecule has 3 rings (SSSR count). The normalized spacial score (nSPS) is 10.8. The van der Waals surface area contributed by atoms with E-state index in [4.69, 9.17) is 5.11 Å². The van der Waals surface area contributed by atoms with E-state index in [1.165, 1.54) is 11.6 Å². The Kier molecular flexibility index (Phi) is 4.53. The number of benzene rings is 1. The van der Waals surface area contributed by atoms with Crippen LogP contribution in [0.1, 0.15) is 23.2 Å². The summed E-state index contributed by atoms with van der Waals surface area (Å²) >= 11 is 0. The standard InChI is InChI=1S/C19H16N2O5/c1-21-18-13(9-12(10-20-18)11-5-3-2-4-6-11)17(25)16(19(21)26)14(22)7-8-15(23)24/h2-6,9-10,25H,7-8H2,1H3,(H,23,24). The third kappa shape index (κ3) is 3.06. The predicted octanol–water partition coefficient (Wildman–Crippen LogP) is 2.35. The van der Waals surface area contributed by atoms with Crippen LogP contribution in [0.2, 0.25) is 0 Å². The van der Waals surface area contributed by atoms with Gasteiger partial charge in [-0.05, 0) is 11.6 Å². The summed E-state index contributed by atoms with van der Waals surface area (Å²) in [5.41, 5.74) is 0.713. The number of nitrogens with zero attached hydrogens (tertiary/aromatic N) is 2. The van der Waals surface area contributed by atoms with Crippen molar-refractivity contribution in [3.05, 3.63) is 58.5 Å². The molecule has 3 aromatic rings. The van der Waals surface area contributed by atoms with Crippen LogP contribution in [0.15, 0.2) is 47.4 Å². The number of carbonyl (C=O) groups is 2. The molecule has 0 atom stereocenters. The maximum atomic E-state index is 12.4. The quantitative estimate of drug-likeness (QED) is 0.682. The van der Waals surface area contributed by atoms with Gasteiger partial charge in [-0.25, -0.2) is 4.98 Å².